The van der Waals surface area contributed by atoms with Gasteiger partial charge in [-0.15, -0.1) is 0 Å². The molecule has 8 nitrogen and oxygen atoms in total. The van der Waals surface area contributed by atoms with Crippen molar-refractivity contribution in [2.45, 2.75) is 13.5 Å². The number of para-hydroxylation sites is 2. The first-order valence-electron chi connectivity index (χ1n) is 8.30. The number of aromatic nitrogens is 3. The molecule has 0 bridgehead atoms. The third-order valence-corrected chi connectivity index (χ3v) is 3.79. The highest BCUT2D eigenvalue weighted by Crippen LogP contribution is 2.25. The third-order valence-electron chi connectivity index (χ3n) is 3.79. The number of hydrogen-bond donors (Lipinski definition) is 2. The van der Waals surface area contributed by atoms with E-state index >= 15 is 0 Å². The molecule has 3 aromatic rings. The number of carbonyl (C=O) groups excluding carboxylic acids is 1. The topological polar surface area (TPSA) is 112 Å². The summed E-state index contributed by atoms with van der Waals surface area (Å²) in [6.45, 7) is 1.36. The summed E-state index contributed by atoms with van der Waals surface area (Å²) in [5.41, 5.74) is 6.88. The second-order valence-electron chi connectivity index (χ2n) is 5.80. The summed E-state index contributed by atoms with van der Waals surface area (Å²) in [5.74, 6) is -0.315. The van der Waals surface area contributed by atoms with E-state index in [-0.39, 0.29) is 29.9 Å². The van der Waals surface area contributed by atoms with Crippen LogP contribution in [0.1, 0.15) is 21.7 Å². The summed E-state index contributed by atoms with van der Waals surface area (Å²) in [6.07, 6.45) is 0. The molecule has 0 radical (unpaired) electrons. The van der Waals surface area contributed by atoms with Crippen LogP contribution < -0.4 is 15.8 Å². The zero-order chi connectivity index (χ0) is 20.1. The normalized spacial score (nSPS) is 10.4. The average molecular weight is 383 g/mol. The van der Waals surface area contributed by atoms with Crippen LogP contribution in [0.5, 0.6) is 5.75 Å². The van der Waals surface area contributed by atoms with Gasteiger partial charge in [0.05, 0.1) is 18.4 Å². The molecule has 2 aromatic carbocycles. The maximum absolute atomic E-state index is 13.6. The Kier molecular flexibility index (Phi) is 5.64. The Morgan fingerprint density at radius 1 is 1.18 bits per heavy atom. The molecule has 0 aliphatic heterocycles. The van der Waals surface area contributed by atoms with E-state index in [2.05, 4.69) is 20.3 Å². The first kappa shape index (κ1) is 19.0. The third kappa shape index (κ3) is 4.50. The number of hydrogen-bond acceptors (Lipinski definition) is 8. The first-order chi connectivity index (χ1) is 13.5. The van der Waals surface area contributed by atoms with Crippen molar-refractivity contribution in [3.8, 4) is 5.75 Å². The quantitative estimate of drug-likeness (QED) is 0.625. The number of carbonyl (C=O) groups is 1. The van der Waals surface area contributed by atoms with Gasteiger partial charge in [0, 0.05) is 0 Å². The first-order valence-corrected chi connectivity index (χ1v) is 8.30. The maximum Gasteiger partial charge on any atom is 0.338 e. The van der Waals surface area contributed by atoms with Crippen molar-refractivity contribution in [2.24, 2.45) is 0 Å². The molecule has 3 rings (SSSR count). The lowest BCUT2D eigenvalue weighted by Crippen LogP contribution is -2.11. The Balaban J connectivity index is 1.72. The molecule has 9 heteroatoms. The molecule has 1 heterocycles. The fraction of sp³-hybridized carbons (Fsp3) is 0.158. The summed E-state index contributed by atoms with van der Waals surface area (Å²) in [7, 11) is 1.54. The van der Waals surface area contributed by atoms with E-state index < -0.39 is 11.8 Å². The van der Waals surface area contributed by atoms with Gasteiger partial charge >= 0.3 is 5.97 Å². The van der Waals surface area contributed by atoms with Crippen LogP contribution in [0.3, 0.4) is 0 Å². The fourth-order valence-corrected chi connectivity index (χ4v) is 2.36. The number of aryl methyl sites for hydroxylation is 1. The van der Waals surface area contributed by atoms with Gasteiger partial charge in [-0.25, -0.2) is 9.18 Å². The van der Waals surface area contributed by atoms with Crippen LogP contribution in [0.2, 0.25) is 0 Å². The number of nitrogens with two attached hydrogens (primary N) is 1. The van der Waals surface area contributed by atoms with Crippen LogP contribution in [-0.2, 0) is 11.3 Å². The molecule has 0 aliphatic carbocycles. The Bertz CT molecular complexity index is 1010. The van der Waals surface area contributed by atoms with Crippen molar-refractivity contribution in [2.75, 3.05) is 18.2 Å². The highest BCUT2D eigenvalue weighted by Gasteiger charge is 2.13. The van der Waals surface area contributed by atoms with E-state index in [1.54, 1.807) is 26.2 Å². The molecular weight excluding hydrogens is 365 g/mol. The Labute approximate surface area is 160 Å². The fourth-order valence-electron chi connectivity index (χ4n) is 2.36. The van der Waals surface area contributed by atoms with E-state index in [9.17, 15) is 9.18 Å². The molecule has 28 heavy (non-hydrogen) atoms. The molecule has 0 spiro atoms. The van der Waals surface area contributed by atoms with Gasteiger partial charge in [0.15, 0.2) is 12.4 Å². The van der Waals surface area contributed by atoms with Gasteiger partial charge < -0.3 is 20.5 Å². The molecule has 0 saturated heterocycles. The minimum absolute atomic E-state index is 0.0418. The summed E-state index contributed by atoms with van der Waals surface area (Å²) in [5, 5.41) is 2.98. The van der Waals surface area contributed by atoms with Gasteiger partial charge in [-0.2, -0.15) is 15.0 Å². The smallest absolute Gasteiger partial charge is 0.338 e. The molecule has 0 unspecified atom stereocenters. The largest absolute Gasteiger partial charge is 0.495 e. The number of nitrogen functional groups attached to an aromatic ring is 1. The highest BCUT2D eigenvalue weighted by molar-refractivity contribution is 5.89. The molecule has 0 fully saturated rings. The molecule has 0 atom stereocenters. The van der Waals surface area contributed by atoms with Crippen molar-refractivity contribution in [1.29, 1.82) is 0 Å². The van der Waals surface area contributed by atoms with E-state index in [1.165, 1.54) is 12.1 Å². The predicted octanol–water partition coefficient (Wildman–Crippen LogP) is 3.01. The monoisotopic (exact) mass is 383 g/mol. The van der Waals surface area contributed by atoms with Gasteiger partial charge in [-0.1, -0.05) is 18.2 Å². The van der Waals surface area contributed by atoms with Crippen LogP contribution in [0.15, 0.2) is 42.5 Å². The lowest BCUT2D eigenvalue weighted by Gasteiger charge is -2.11. The number of nitrogens with zero attached hydrogens (tertiary/aromatic N) is 3. The molecule has 3 N–H and O–H groups in total. The lowest BCUT2D eigenvalue weighted by molar-refractivity contribution is 0.0461. The van der Waals surface area contributed by atoms with Crippen LogP contribution in [0, 0.1) is 12.7 Å². The number of anilines is 3. The zero-order valence-corrected chi connectivity index (χ0v) is 15.3. The second kappa shape index (κ2) is 8.30. The van der Waals surface area contributed by atoms with Gasteiger partial charge in [0.25, 0.3) is 0 Å². The standard InChI is InChI=1S/C19H18FN5O3/c1-11-7-8-12(9-13(11)20)17(26)28-10-16-23-18(21)25-19(24-16)22-14-5-3-4-6-15(14)27-2/h3-9H,10H2,1-2H3,(H3,21,22,23,24,25). The Morgan fingerprint density at radius 2 is 1.96 bits per heavy atom. The summed E-state index contributed by atoms with van der Waals surface area (Å²) in [6, 6.07) is 11.3. The Hall–Kier alpha value is -3.75. The number of rotatable bonds is 6. The Morgan fingerprint density at radius 3 is 2.71 bits per heavy atom. The SMILES string of the molecule is COc1ccccc1Nc1nc(N)nc(COC(=O)c2ccc(C)c(F)c2)n1. The molecule has 0 amide bonds. The minimum atomic E-state index is -0.697. The van der Waals surface area contributed by atoms with Crippen LogP contribution in [0.25, 0.3) is 0 Å². The van der Waals surface area contributed by atoms with Gasteiger partial charge in [0.2, 0.25) is 11.9 Å². The molecule has 144 valence electrons. The molecule has 0 aliphatic rings. The van der Waals surface area contributed by atoms with Crippen LogP contribution >= 0.6 is 0 Å². The van der Waals surface area contributed by atoms with Crippen LogP contribution in [0.4, 0.5) is 22.0 Å². The summed E-state index contributed by atoms with van der Waals surface area (Å²) >= 11 is 0. The minimum Gasteiger partial charge on any atom is -0.495 e. The number of halogens is 1. The lowest BCUT2D eigenvalue weighted by atomic mass is 10.1. The van der Waals surface area contributed by atoms with Gasteiger partial charge in [-0.05, 0) is 36.8 Å². The van der Waals surface area contributed by atoms with Crippen molar-refractivity contribution >= 4 is 23.6 Å². The predicted molar refractivity (Wildman–Crippen MR) is 101 cm³/mol. The maximum atomic E-state index is 13.6. The van der Waals surface area contributed by atoms with Crippen molar-refractivity contribution in [1.82, 2.24) is 15.0 Å². The van der Waals surface area contributed by atoms with E-state index in [1.807, 2.05) is 12.1 Å². The van der Waals surface area contributed by atoms with E-state index in [4.69, 9.17) is 15.2 Å². The van der Waals surface area contributed by atoms with Crippen molar-refractivity contribution in [3.05, 3.63) is 65.2 Å². The summed E-state index contributed by atoms with van der Waals surface area (Å²) < 4.78 is 24.0. The second-order valence-corrected chi connectivity index (χ2v) is 5.80. The number of benzene rings is 2. The molecular formula is C19H18FN5O3. The molecule has 1 aromatic heterocycles. The highest BCUT2D eigenvalue weighted by atomic mass is 19.1. The van der Waals surface area contributed by atoms with Crippen molar-refractivity contribution < 1.29 is 18.7 Å². The number of nitrogens with one attached hydrogen (secondary N) is 1. The van der Waals surface area contributed by atoms with E-state index in [0.29, 0.717) is 17.0 Å². The van der Waals surface area contributed by atoms with E-state index in [0.717, 1.165) is 6.07 Å². The number of methoxy groups -OCH3 is 1. The van der Waals surface area contributed by atoms with Crippen molar-refractivity contribution in [3.63, 3.8) is 0 Å². The summed E-state index contributed by atoms with van der Waals surface area (Å²) in [4.78, 5) is 24.2. The van der Waals surface area contributed by atoms with Crippen LogP contribution in [-0.4, -0.2) is 28.0 Å². The number of esters is 1. The van der Waals surface area contributed by atoms with Gasteiger partial charge in [0.1, 0.15) is 11.6 Å². The average Bonchev–Trinajstić information content (AvgIpc) is 2.68. The zero-order valence-electron chi connectivity index (χ0n) is 15.3. The molecule has 0 saturated carbocycles. The van der Waals surface area contributed by atoms with Gasteiger partial charge in [-0.3, -0.25) is 0 Å². The number of ether oxygens (including phenoxy) is 2.